The highest BCUT2D eigenvalue weighted by Crippen LogP contribution is 2.17. The summed E-state index contributed by atoms with van der Waals surface area (Å²) in [6, 6.07) is 1.90. The zero-order valence-corrected chi connectivity index (χ0v) is 9.41. The number of rotatable bonds is 1. The van der Waals surface area contributed by atoms with Gasteiger partial charge in [-0.2, -0.15) is 0 Å². The lowest BCUT2D eigenvalue weighted by atomic mass is 9.95. The normalized spacial score (nSPS) is 16.1. The molecule has 1 aliphatic heterocycles. The van der Waals surface area contributed by atoms with E-state index in [1.54, 1.807) is 6.20 Å². The molecule has 0 aromatic carbocycles. The van der Waals surface area contributed by atoms with E-state index in [4.69, 9.17) is 0 Å². The standard InChI is InChI=1S/C11H16N4/c1-11(2,3)10-14-5-4-8(15-10)9-12-6-7-13-9/h4-5H,6-7H2,1-3H3,(H,12,13). The highest BCUT2D eigenvalue weighted by Gasteiger charge is 2.19. The fourth-order valence-corrected chi connectivity index (χ4v) is 1.42. The quantitative estimate of drug-likeness (QED) is 0.746. The Balaban J connectivity index is 2.34. The van der Waals surface area contributed by atoms with Gasteiger partial charge in [-0.05, 0) is 6.07 Å². The highest BCUT2D eigenvalue weighted by atomic mass is 15.1. The minimum atomic E-state index is -0.0187. The predicted molar refractivity (Wildman–Crippen MR) is 60.1 cm³/mol. The number of amidine groups is 1. The van der Waals surface area contributed by atoms with Crippen LogP contribution in [0.25, 0.3) is 0 Å². The molecule has 0 saturated heterocycles. The molecule has 0 radical (unpaired) electrons. The van der Waals surface area contributed by atoms with Gasteiger partial charge in [0.05, 0.1) is 6.54 Å². The highest BCUT2D eigenvalue weighted by molar-refractivity contribution is 5.97. The van der Waals surface area contributed by atoms with Crippen molar-refractivity contribution in [3.8, 4) is 0 Å². The summed E-state index contributed by atoms with van der Waals surface area (Å²) in [5.74, 6) is 1.75. The van der Waals surface area contributed by atoms with Crippen LogP contribution in [0.1, 0.15) is 32.3 Å². The summed E-state index contributed by atoms with van der Waals surface area (Å²) in [7, 11) is 0. The van der Waals surface area contributed by atoms with E-state index < -0.39 is 0 Å². The van der Waals surface area contributed by atoms with Crippen LogP contribution in [0.15, 0.2) is 17.3 Å². The van der Waals surface area contributed by atoms with Crippen molar-refractivity contribution in [1.29, 1.82) is 0 Å². The Labute approximate surface area is 89.9 Å². The molecule has 2 rings (SSSR count). The number of aliphatic imine (C=N–C) groups is 1. The van der Waals surface area contributed by atoms with Gasteiger partial charge in [0.1, 0.15) is 17.4 Å². The van der Waals surface area contributed by atoms with Crippen molar-refractivity contribution in [2.45, 2.75) is 26.2 Å². The third kappa shape index (κ3) is 2.14. The predicted octanol–water partition coefficient (Wildman–Crippen LogP) is 1.12. The van der Waals surface area contributed by atoms with Gasteiger partial charge >= 0.3 is 0 Å². The number of nitrogens with one attached hydrogen (secondary N) is 1. The van der Waals surface area contributed by atoms with Crippen LogP contribution in [0.4, 0.5) is 0 Å². The zero-order valence-electron chi connectivity index (χ0n) is 9.41. The third-order valence-electron chi connectivity index (χ3n) is 2.24. The van der Waals surface area contributed by atoms with Gasteiger partial charge in [-0.3, -0.25) is 4.99 Å². The molecule has 0 fully saturated rings. The van der Waals surface area contributed by atoms with E-state index in [-0.39, 0.29) is 5.41 Å². The first kappa shape index (κ1) is 10.1. The van der Waals surface area contributed by atoms with Crippen LogP contribution in [-0.4, -0.2) is 28.9 Å². The van der Waals surface area contributed by atoms with Crippen LogP contribution < -0.4 is 5.32 Å². The molecule has 0 atom stereocenters. The summed E-state index contributed by atoms with van der Waals surface area (Å²) >= 11 is 0. The van der Waals surface area contributed by atoms with E-state index >= 15 is 0 Å². The van der Waals surface area contributed by atoms with Crippen molar-refractivity contribution in [2.75, 3.05) is 13.1 Å². The van der Waals surface area contributed by atoms with E-state index in [1.165, 1.54) is 0 Å². The Morgan fingerprint density at radius 2 is 2.13 bits per heavy atom. The molecule has 0 spiro atoms. The second-order valence-electron chi connectivity index (χ2n) is 4.67. The first-order chi connectivity index (χ1) is 7.07. The van der Waals surface area contributed by atoms with Crippen molar-refractivity contribution in [2.24, 2.45) is 4.99 Å². The molecule has 0 aliphatic carbocycles. The molecule has 4 nitrogen and oxygen atoms in total. The lowest BCUT2D eigenvalue weighted by Gasteiger charge is -2.16. The van der Waals surface area contributed by atoms with Crippen LogP contribution in [0, 0.1) is 0 Å². The van der Waals surface area contributed by atoms with Crippen LogP contribution in [-0.2, 0) is 5.41 Å². The van der Waals surface area contributed by atoms with Gasteiger partial charge in [0, 0.05) is 18.2 Å². The third-order valence-corrected chi connectivity index (χ3v) is 2.24. The van der Waals surface area contributed by atoms with Gasteiger partial charge in [0.2, 0.25) is 0 Å². The van der Waals surface area contributed by atoms with Gasteiger partial charge in [0.25, 0.3) is 0 Å². The maximum Gasteiger partial charge on any atom is 0.147 e. The van der Waals surface area contributed by atoms with Gasteiger partial charge in [-0.1, -0.05) is 20.8 Å². The molecule has 0 saturated carbocycles. The van der Waals surface area contributed by atoms with E-state index in [1.807, 2.05) is 6.07 Å². The molecule has 0 amide bonds. The molecule has 80 valence electrons. The summed E-state index contributed by atoms with van der Waals surface area (Å²) in [5, 5.41) is 3.21. The SMILES string of the molecule is CC(C)(C)c1nccc(C2=NCCN2)n1. The number of aromatic nitrogens is 2. The molecule has 1 N–H and O–H groups in total. The Morgan fingerprint density at radius 3 is 2.73 bits per heavy atom. The first-order valence-corrected chi connectivity index (χ1v) is 5.19. The molecule has 4 heteroatoms. The van der Waals surface area contributed by atoms with Crippen molar-refractivity contribution < 1.29 is 0 Å². The molecule has 1 aromatic rings. The summed E-state index contributed by atoms with van der Waals surface area (Å²) in [4.78, 5) is 13.2. The average Bonchev–Trinajstić information content (AvgIpc) is 2.69. The largest absolute Gasteiger partial charge is 0.367 e. The van der Waals surface area contributed by atoms with Gasteiger partial charge in [-0.15, -0.1) is 0 Å². The van der Waals surface area contributed by atoms with E-state index in [2.05, 4.69) is 41.0 Å². The van der Waals surface area contributed by atoms with Gasteiger partial charge in [0.15, 0.2) is 0 Å². The maximum atomic E-state index is 4.52. The second kappa shape index (κ2) is 3.61. The molecule has 1 aliphatic rings. The van der Waals surface area contributed by atoms with Gasteiger partial charge in [-0.25, -0.2) is 9.97 Å². The van der Waals surface area contributed by atoms with Crippen LogP contribution in [0.5, 0.6) is 0 Å². The Morgan fingerprint density at radius 1 is 1.33 bits per heavy atom. The monoisotopic (exact) mass is 204 g/mol. The molecule has 2 heterocycles. The van der Waals surface area contributed by atoms with Crippen molar-refractivity contribution in [3.05, 3.63) is 23.8 Å². The number of hydrogen-bond acceptors (Lipinski definition) is 4. The number of hydrogen-bond donors (Lipinski definition) is 1. The summed E-state index contributed by atoms with van der Waals surface area (Å²) in [5.41, 5.74) is 0.877. The number of nitrogens with zero attached hydrogens (tertiary/aromatic N) is 3. The fraction of sp³-hybridized carbons (Fsp3) is 0.545. The topological polar surface area (TPSA) is 50.2 Å². The molecule has 0 bridgehead atoms. The van der Waals surface area contributed by atoms with Crippen molar-refractivity contribution >= 4 is 5.84 Å². The molecular formula is C11H16N4. The average molecular weight is 204 g/mol. The summed E-state index contributed by atoms with van der Waals surface area (Å²) in [6.07, 6.45) is 1.80. The minimum absolute atomic E-state index is 0.0187. The van der Waals surface area contributed by atoms with Crippen LogP contribution >= 0.6 is 0 Å². The van der Waals surface area contributed by atoms with Crippen molar-refractivity contribution in [3.63, 3.8) is 0 Å². The zero-order chi connectivity index (χ0) is 10.9. The van der Waals surface area contributed by atoms with E-state index in [9.17, 15) is 0 Å². The van der Waals surface area contributed by atoms with E-state index in [0.29, 0.717) is 0 Å². The maximum absolute atomic E-state index is 4.52. The Bertz CT molecular complexity index is 390. The van der Waals surface area contributed by atoms with Gasteiger partial charge < -0.3 is 5.32 Å². The summed E-state index contributed by atoms with van der Waals surface area (Å²) < 4.78 is 0. The molecule has 0 unspecified atom stereocenters. The minimum Gasteiger partial charge on any atom is -0.367 e. The lowest BCUT2D eigenvalue weighted by molar-refractivity contribution is 0.544. The fourth-order valence-electron chi connectivity index (χ4n) is 1.42. The molecular weight excluding hydrogens is 188 g/mol. The summed E-state index contributed by atoms with van der Waals surface area (Å²) in [6.45, 7) is 8.07. The second-order valence-corrected chi connectivity index (χ2v) is 4.67. The van der Waals surface area contributed by atoms with Crippen LogP contribution in [0.3, 0.4) is 0 Å². The Hall–Kier alpha value is -1.45. The molecule has 1 aromatic heterocycles. The lowest BCUT2D eigenvalue weighted by Crippen LogP contribution is -2.23. The van der Waals surface area contributed by atoms with Crippen LogP contribution in [0.2, 0.25) is 0 Å². The first-order valence-electron chi connectivity index (χ1n) is 5.19. The molecule has 15 heavy (non-hydrogen) atoms. The Kier molecular flexibility index (Phi) is 2.42. The smallest absolute Gasteiger partial charge is 0.147 e. The van der Waals surface area contributed by atoms with Crippen molar-refractivity contribution in [1.82, 2.24) is 15.3 Å². The van der Waals surface area contributed by atoms with E-state index in [0.717, 1.165) is 30.4 Å².